The second kappa shape index (κ2) is 4.53. The maximum Gasteiger partial charge on any atom is 0.183 e. The van der Waals surface area contributed by atoms with E-state index in [4.69, 9.17) is 15.2 Å². The fourth-order valence-electron chi connectivity index (χ4n) is 2.12. The molecular formula is C13H19NO2. The Morgan fingerprint density at radius 3 is 2.12 bits per heavy atom. The van der Waals surface area contributed by atoms with Crippen LogP contribution in [0.5, 0.6) is 0 Å². The van der Waals surface area contributed by atoms with E-state index in [9.17, 15) is 0 Å². The van der Waals surface area contributed by atoms with E-state index in [0.29, 0.717) is 0 Å². The standard InChI is InChI=1S/C13H19NO2/c1-15-12(16-2)10-3-5-11(6-4-10)13(9-14)7-8-13/h3-6,12H,7-9,14H2,1-2H3. The van der Waals surface area contributed by atoms with Crippen molar-refractivity contribution in [2.45, 2.75) is 24.5 Å². The average Bonchev–Trinajstić information content (AvgIpc) is 3.12. The lowest BCUT2D eigenvalue weighted by atomic mass is 9.95. The van der Waals surface area contributed by atoms with Crippen molar-refractivity contribution in [2.75, 3.05) is 20.8 Å². The monoisotopic (exact) mass is 221 g/mol. The van der Waals surface area contributed by atoms with Gasteiger partial charge in [-0.15, -0.1) is 0 Å². The summed E-state index contributed by atoms with van der Waals surface area (Å²) in [5.41, 5.74) is 8.44. The van der Waals surface area contributed by atoms with Gasteiger partial charge in [0.25, 0.3) is 0 Å². The summed E-state index contributed by atoms with van der Waals surface area (Å²) in [7, 11) is 3.29. The molecule has 0 heterocycles. The predicted molar refractivity (Wildman–Crippen MR) is 63.2 cm³/mol. The van der Waals surface area contributed by atoms with Gasteiger partial charge in [-0.3, -0.25) is 0 Å². The van der Waals surface area contributed by atoms with E-state index < -0.39 is 0 Å². The molecule has 0 saturated heterocycles. The SMILES string of the molecule is COC(OC)c1ccc(C2(CN)CC2)cc1. The molecule has 1 aliphatic rings. The molecule has 3 heteroatoms. The largest absolute Gasteiger partial charge is 0.352 e. The third-order valence-electron chi connectivity index (χ3n) is 3.47. The van der Waals surface area contributed by atoms with Crippen molar-refractivity contribution in [3.8, 4) is 0 Å². The number of ether oxygens (including phenoxy) is 2. The Hall–Kier alpha value is -0.900. The minimum atomic E-state index is -0.276. The molecule has 0 bridgehead atoms. The molecule has 2 N–H and O–H groups in total. The van der Waals surface area contributed by atoms with Gasteiger partial charge in [0.2, 0.25) is 0 Å². The summed E-state index contributed by atoms with van der Waals surface area (Å²) in [6, 6.07) is 8.39. The highest BCUT2D eigenvalue weighted by Gasteiger charge is 2.42. The van der Waals surface area contributed by atoms with Crippen LogP contribution in [-0.2, 0) is 14.9 Å². The maximum atomic E-state index is 5.80. The van der Waals surface area contributed by atoms with Crippen LogP contribution in [0.4, 0.5) is 0 Å². The summed E-state index contributed by atoms with van der Waals surface area (Å²) >= 11 is 0. The number of nitrogens with two attached hydrogens (primary N) is 1. The summed E-state index contributed by atoms with van der Waals surface area (Å²) in [6.07, 6.45) is 2.14. The first-order valence-electron chi connectivity index (χ1n) is 5.62. The topological polar surface area (TPSA) is 44.5 Å². The number of methoxy groups -OCH3 is 2. The molecule has 1 aromatic rings. The molecule has 1 aromatic carbocycles. The van der Waals surface area contributed by atoms with E-state index in [1.807, 2.05) is 0 Å². The first-order chi connectivity index (χ1) is 7.75. The molecule has 3 nitrogen and oxygen atoms in total. The first kappa shape index (κ1) is 11.6. The van der Waals surface area contributed by atoms with Crippen LogP contribution in [0.25, 0.3) is 0 Å². The summed E-state index contributed by atoms with van der Waals surface area (Å²) < 4.78 is 10.4. The average molecular weight is 221 g/mol. The molecule has 1 fully saturated rings. The Balaban J connectivity index is 2.16. The molecule has 0 unspecified atom stereocenters. The van der Waals surface area contributed by atoms with Gasteiger partial charge in [-0.05, 0) is 18.4 Å². The van der Waals surface area contributed by atoms with Crippen molar-refractivity contribution in [1.82, 2.24) is 0 Å². The molecule has 1 saturated carbocycles. The van der Waals surface area contributed by atoms with Crippen LogP contribution in [0.1, 0.15) is 30.3 Å². The van der Waals surface area contributed by atoms with E-state index in [1.54, 1.807) is 14.2 Å². The molecule has 1 aliphatic carbocycles. The second-order valence-electron chi connectivity index (χ2n) is 4.41. The molecular weight excluding hydrogens is 202 g/mol. The Morgan fingerprint density at radius 2 is 1.75 bits per heavy atom. The number of benzene rings is 1. The Kier molecular flexibility index (Phi) is 3.28. The maximum absolute atomic E-state index is 5.80. The van der Waals surface area contributed by atoms with E-state index in [0.717, 1.165) is 12.1 Å². The highest BCUT2D eigenvalue weighted by molar-refractivity contribution is 5.34. The van der Waals surface area contributed by atoms with Gasteiger partial charge in [0.15, 0.2) is 6.29 Å². The molecule has 2 rings (SSSR count). The second-order valence-corrected chi connectivity index (χ2v) is 4.41. The summed E-state index contributed by atoms with van der Waals surface area (Å²) in [5.74, 6) is 0. The summed E-state index contributed by atoms with van der Waals surface area (Å²) in [6.45, 7) is 0.740. The van der Waals surface area contributed by atoms with Crippen LogP contribution in [-0.4, -0.2) is 20.8 Å². The highest BCUT2D eigenvalue weighted by atomic mass is 16.7. The number of hydrogen-bond acceptors (Lipinski definition) is 3. The van der Waals surface area contributed by atoms with E-state index >= 15 is 0 Å². The van der Waals surface area contributed by atoms with E-state index in [-0.39, 0.29) is 11.7 Å². The van der Waals surface area contributed by atoms with Crippen molar-refractivity contribution in [1.29, 1.82) is 0 Å². The molecule has 16 heavy (non-hydrogen) atoms. The molecule has 0 amide bonds. The molecule has 0 aromatic heterocycles. The lowest BCUT2D eigenvalue weighted by Crippen LogP contribution is -2.19. The molecule has 0 atom stereocenters. The van der Waals surface area contributed by atoms with Crippen molar-refractivity contribution in [3.63, 3.8) is 0 Å². The summed E-state index contributed by atoms with van der Waals surface area (Å²) in [5, 5.41) is 0. The highest BCUT2D eigenvalue weighted by Crippen LogP contribution is 2.47. The minimum absolute atomic E-state index is 0.258. The van der Waals surface area contributed by atoms with Crippen LogP contribution in [0.15, 0.2) is 24.3 Å². The van der Waals surface area contributed by atoms with Crippen LogP contribution in [0.2, 0.25) is 0 Å². The zero-order valence-electron chi connectivity index (χ0n) is 9.90. The van der Waals surface area contributed by atoms with Crippen molar-refractivity contribution in [3.05, 3.63) is 35.4 Å². The summed E-state index contributed by atoms with van der Waals surface area (Å²) in [4.78, 5) is 0. The van der Waals surface area contributed by atoms with Crippen molar-refractivity contribution < 1.29 is 9.47 Å². The normalized spacial score (nSPS) is 17.8. The Bertz CT molecular complexity index is 339. The Labute approximate surface area is 96.5 Å². The van der Waals surface area contributed by atoms with Crippen LogP contribution in [0, 0.1) is 0 Å². The van der Waals surface area contributed by atoms with Gasteiger partial charge in [0, 0.05) is 31.7 Å². The lowest BCUT2D eigenvalue weighted by molar-refractivity contribution is -0.106. The molecule has 0 aliphatic heterocycles. The third-order valence-corrected chi connectivity index (χ3v) is 3.47. The smallest absolute Gasteiger partial charge is 0.183 e. The van der Waals surface area contributed by atoms with Gasteiger partial charge in [0.05, 0.1) is 0 Å². The lowest BCUT2D eigenvalue weighted by Gasteiger charge is -2.16. The Morgan fingerprint density at radius 1 is 1.19 bits per heavy atom. The van der Waals surface area contributed by atoms with Crippen molar-refractivity contribution >= 4 is 0 Å². The fraction of sp³-hybridized carbons (Fsp3) is 0.538. The van der Waals surface area contributed by atoms with E-state index in [2.05, 4.69) is 24.3 Å². The van der Waals surface area contributed by atoms with Crippen LogP contribution < -0.4 is 5.73 Å². The zero-order valence-corrected chi connectivity index (χ0v) is 9.90. The third kappa shape index (κ3) is 1.98. The van der Waals surface area contributed by atoms with Gasteiger partial charge >= 0.3 is 0 Å². The van der Waals surface area contributed by atoms with Gasteiger partial charge < -0.3 is 15.2 Å². The molecule has 0 spiro atoms. The van der Waals surface area contributed by atoms with Gasteiger partial charge in [-0.25, -0.2) is 0 Å². The molecule has 0 radical (unpaired) electrons. The van der Waals surface area contributed by atoms with Gasteiger partial charge in [-0.2, -0.15) is 0 Å². The predicted octanol–water partition coefficient (Wildman–Crippen LogP) is 1.97. The zero-order chi connectivity index (χ0) is 11.6. The number of rotatable bonds is 5. The van der Waals surface area contributed by atoms with Crippen molar-refractivity contribution in [2.24, 2.45) is 5.73 Å². The van der Waals surface area contributed by atoms with Crippen LogP contribution in [0.3, 0.4) is 0 Å². The van der Waals surface area contributed by atoms with Gasteiger partial charge in [-0.1, -0.05) is 24.3 Å². The number of hydrogen-bond donors (Lipinski definition) is 1. The minimum Gasteiger partial charge on any atom is -0.352 e. The van der Waals surface area contributed by atoms with E-state index in [1.165, 1.54) is 18.4 Å². The molecule has 88 valence electrons. The fourth-order valence-corrected chi connectivity index (χ4v) is 2.12. The van der Waals surface area contributed by atoms with Gasteiger partial charge in [0.1, 0.15) is 0 Å². The van der Waals surface area contributed by atoms with Crippen LogP contribution >= 0.6 is 0 Å². The quantitative estimate of drug-likeness (QED) is 0.773. The first-order valence-corrected chi connectivity index (χ1v) is 5.62.